The highest BCUT2D eigenvalue weighted by molar-refractivity contribution is 7.09. The maximum Gasteiger partial charge on any atom is 0.153 e. The molecule has 0 spiro atoms. The molecule has 0 aliphatic carbocycles. The summed E-state index contributed by atoms with van der Waals surface area (Å²) < 4.78 is 0. The number of halogens is 1. The van der Waals surface area contributed by atoms with Gasteiger partial charge in [-0.25, -0.2) is 9.97 Å². The molecular formula is C12H15ClN4S. The lowest BCUT2D eigenvalue weighted by atomic mass is 10.3. The van der Waals surface area contributed by atoms with Crippen LogP contribution in [-0.4, -0.2) is 16.0 Å². The van der Waals surface area contributed by atoms with Crippen LogP contribution in [0.1, 0.15) is 18.7 Å². The maximum atomic E-state index is 6.18. The molecule has 96 valence electrons. The molecule has 2 heterocycles. The summed E-state index contributed by atoms with van der Waals surface area (Å²) in [5.74, 6) is 1.01. The molecule has 0 aliphatic rings. The third kappa shape index (κ3) is 2.73. The standard InChI is InChI=1S/C12H15ClN4S/c1-8(2)17(6-9-4-3-5-18-9)12-10(13)11(14)15-7-16-12/h3-5,7-8H,6H2,1-2H3,(H2,14,15,16). The SMILES string of the molecule is CC(C)N(Cc1cccs1)c1ncnc(N)c1Cl. The second kappa shape index (κ2) is 5.54. The average molecular weight is 283 g/mol. The molecule has 4 nitrogen and oxygen atoms in total. The molecule has 2 N–H and O–H groups in total. The van der Waals surface area contributed by atoms with Gasteiger partial charge in [0.25, 0.3) is 0 Å². The van der Waals surface area contributed by atoms with Gasteiger partial charge in [0.2, 0.25) is 0 Å². The van der Waals surface area contributed by atoms with E-state index < -0.39 is 0 Å². The number of hydrogen-bond acceptors (Lipinski definition) is 5. The maximum absolute atomic E-state index is 6.18. The van der Waals surface area contributed by atoms with Crippen LogP contribution in [0.2, 0.25) is 5.02 Å². The highest BCUT2D eigenvalue weighted by Crippen LogP contribution is 2.30. The lowest BCUT2D eigenvalue weighted by molar-refractivity contribution is 0.676. The molecule has 0 atom stereocenters. The molecule has 0 aromatic carbocycles. The molecule has 0 unspecified atom stereocenters. The first-order valence-electron chi connectivity index (χ1n) is 5.64. The van der Waals surface area contributed by atoms with Gasteiger partial charge in [0.05, 0.1) is 6.54 Å². The first-order chi connectivity index (χ1) is 8.59. The molecule has 18 heavy (non-hydrogen) atoms. The lowest BCUT2D eigenvalue weighted by Crippen LogP contribution is -2.31. The number of nitrogens with two attached hydrogens (primary N) is 1. The molecule has 0 fully saturated rings. The van der Waals surface area contributed by atoms with E-state index in [0.29, 0.717) is 16.7 Å². The topological polar surface area (TPSA) is 55.0 Å². The summed E-state index contributed by atoms with van der Waals surface area (Å²) >= 11 is 7.90. The molecule has 6 heteroatoms. The van der Waals surface area contributed by atoms with Crippen LogP contribution in [0.3, 0.4) is 0 Å². The van der Waals surface area contributed by atoms with E-state index in [1.807, 2.05) is 6.07 Å². The van der Waals surface area contributed by atoms with Crippen molar-refractivity contribution in [1.29, 1.82) is 0 Å². The highest BCUT2D eigenvalue weighted by atomic mass is 35.5. The molecule has 2 aromatic rings. The zero-order valence-corrected chi connectivity index (χ0v) is 11.9. The Morgan fingerprint density at radius 3 is 2.83 bits per heavy atom. The summed E-state index contributed by atoms with van der Waals surface area (Å²) in [5, 5.41) is 2.48. The van der Waals surface area contributed by atoms with Crippen molar-refractivity contribution in [2.24, 2.45) is 0 Å². The molecule has 2 aromatic heterocycles. The summed E-state index contributed by atoms with van der Waals surface area (Å²) in [5.41, 5.74) is 5.72. The Hall–Kier alpha value is -1.33. The Labute approximate surface area is 115 Å². The third-order valence-corrected chi connectivity index (χ3v) is 3.82. The van der Waals surface area contributed by atoms with Gasteiger partial charge in [0.1, 0.15) is 17.2 Å². The van der Waals surface area contributed by atoms with Crippen molar-refractivity contribution in [2.45, 2.75) is 26.4 Å². The van der Waals surface area contributed by atoms with Crippen molar-refractivity contribution in [1.82, 2.24) is 9.97 Å². The molecule has 0 saturated carbocycles. The third-order valence-electron chi connectivity index (χ3n) is 2.60. The van der Waals surface area contributed by atoms with Crippen molar-refractivity contribution in [3.63, 3.8) is 0 Å². The minimum Gasteiger partial charge on any atom is -0.382 e. The van der Waals surface area contributed by atoms with Crippen LogP contribution in [0.25, 0.3) is 0 Å². The zero-order chi connectivity index (χ0) is 13.1. The molecular weight excluding hydrogens is 268 g/mol. The van der Waals surface area contributed by atoms with E-state index in [9.17, 15) is 0 Å². The van der Waals surface area contributed by atoms with Gasteiger partial charge in [0.15, 0.2) is 5.82 Å². The Morgan fingerprint density at radius 1 is 1.44 bits per heavy atom. The van der Waals surface area contributed by atoms with E-state index in [-0.39, 0.29) is 6.04 Å². The molecule has 0 radical (unpaired) electrons. The quantitative estimate of drug-likeness (QED) is 0.936. The van der Waals surface area contributed by atoms with E-state index in [4.69, 9.17) is 17.3 Å². The number of nitrogen functional groups attached to an aromatic ring is 1. The van der Waals surface area contributed by atoms with Crippen molar-refractivity contribution in [3.05, 3.63) is 33.7 Å². The predicted molar refractivity (Wildman–Crippen MR) is 77.1 cm³/mol. The van der Waals surface area contributed by atoms with Crippen LogP contribution < -0.4 is 10.6 Å². The van der Waals surface area contributed by atoms with Gasteiger partial charge in [0, 0.05) is 10.9 Å². The van der Waals surface area contributed by atoms with E-state index in [1.54, 1.807) is 11.3 Å². The number of aromatic nitrogens is 2. The Bertz CT molecular complexity index is 513. The monoisotopic (exact) mass is 282 g/mol. The smallest absolute Gasteiger partial charge is 0.153 e. The van der Waals surface area contributed by atoms with E-state index in [1.165, 1.54) is 11.2 Å². The summed E-state index contributed by atoms with van der Waals surface area (Å²) in [6.45, 7) is 4.97. The van der Waals surface area contributed by atoms with E-state index >= 15 is 0 Å². The largest absolute Gasteiger partial charge is 0.382 e. The molecule has 2 rings (SSSR count). The normalized spacial score (nSPS) is 10.9. The van der Waals surface area contributed by atoms with Crippen LogP contribution in [-0.2, 0) is 6.54 Å². The summed E-state index contributed by atoms with van der Waals surface area (Å²) in [4.78, 5) is 11.5. The van der Waals surface area contributed by atoms with Gasteiger partial charge < -0.3 is 10.6 Å². The second-order valence-electron chi connectivity index (χ2n) is 4.20. The number of hydrogen-bond donors (Lipinski definition) is 1. The molecule has 0 saturated heterocycles. The van der Waals surface area contributed by atoms with Crippen LogP contribution >= 0.6 is 22.9 Å². The fourth-order valence-corrected chi connectivity index (χ4v) is 2.56. The Balaban J connectivity index is 2.33. The zero-order valence-electron chi connectivity index (χ0n) is 10.3. The summed E-state index contributed by atoms with van der Waals surface area (Å²) in [6, 6.07) is 4.41. The number of nitrogens with zero attached hydrogens (tertiary/aromatic N) is 3. The van der Waals surface area contributed by atoms with Gasteiger partial charge in [-0.3, -0.25) is 0 Å². The van der Waals surface area contributed by atoms with Crippen molar-refractivity contribution < 1.29 is 0 Å². The van der Waals surface area contributed by atoms with Crippen LogP contribution in [0.15, 0.2) is 23.8 Å². The fraction of sp³-hybridized carbons (Fsp3) is 0.333. The minimum atomic E-state index is 0.277. The van der Waals surface area contributed by atoms with Gasteiger partial charge in [-0.05, 0) is 25.3 Å². The second-order valence-corrected chi connectivity index (χ2v) is 5.61. The van der Waals surface area contributed by atoms with Crippen LogP contribution in [0.4, 0.5) is 11.6 Å². The van der Waals surface area contributed by atoms with Gasteiger partial charge >= 0.3 is 0 Å². The van der Waals surface area contributed by atoms with E-state index in [0.717, 1.165) is 6.54 Å². The van der Waals surface area contributed by atoms with Gasteiger partial charge in [-0.15, -0.1) is 11.3 Å². The fourth-order valence-electron chi connectivity index (χ4n) is 1.65. The average Bonchev–Trinajstić information content (AvgIpc) is 2.83. The minimum absolute atomic E-state index is 0.277. The highest BCUT2D eigenvalue weighted by Gasteiger charge is 2.18. The van der Waals surface area contributed by atoms with Crippen molar-refractivity contribution in [2.75, 3.05) is 10.6 Å². The molecule has 0 aliphatic heterocycles. The summed E-state index contributed by atoms with van der Waals surface area (Å²) in [7, 11) is 0. The number of thiophene rings is 1. The first-order valence-corrected chi connectivity index (χ1v) is 6.90. The summed E-state index contributed by atoms with van der Waals surface area (Å²) in [6.07, 6.45) is 1.44. The predicted octanol–water partition coefficient (Wildman–Crippen LogP) is 3.19. The Morgan fingerprint density at radius 2 is 2.22 bits per heavy atom. The van der Waals surface area contributed by atoms with Crippen LogP contribution in [0.5, 0.6) is 0 Å². The van der Waals surface area contributed by atoms with Crippen LogP contribution in [0, 0.1) is 0 Å². The number of anilines is 2. The molecule has 0 bridgehead atoms. The molecule has 0 amide bonds. The van der Waals surface area contributed by atoms with Gasteiger partial charge in [-0.1, -0.05) is 17.7 Å². The van der Waals surface area contributed by atoms with Gasteiger partial charge in [-0.2, -0.15) is 0 Å². The lowest BCUT2D eigenvalue weighted by Gasteiger charge is -2.28. The van der Waals surface area contributed by atoms with Crippen molar-refractivity contribution >= 4 is 34.6 Å². The Kier molecular flexibility index (Phi) is 4.04. The number of rotatable bonds is 4. The van der Waals surface area contributed by atoms with Crippen molar-refractivity contribution in [3.8, 4) is 0 Å². The van der Waals surface area contributed by atoms with E-state index in [2.05, 4.69) is 40.2 Å². The first kappa shape index (κ1) is 13.1.